The van der Waals surface area contributed by atoms with E-state index in [0.717, 1.165) is 13.1 Å². The lowest BCUT2D eigenvalue weighted by Gasteiger charge is -2.29. The van der Waals surface area contributed by atoms with E-state index in [1.54, 1.807) is 6.20 Å². The van der Waals surface area contributed by atoms with E-state index >= 15 is 0 Å². The molecule has 0 bridgehead atoms. The van der Waals surface area contributed by atoms with Crippen LogP contribution in [-0.2, 0) is 6.54 Å². The standard InChI is InChI=1S/C17H21ClN4O/c1-21(15-11-19-20-17(23)16(15)18)12-13-5-7-14(8-6-13)22-9-3-2-4-10-22/h5-8,11H,2-4,9-10,12H2,1H3,(H,20,23). The number of nitrogens with one attached hydrogen (secondary N) is 1. The summed E-state index contributed by atoms with van der Waals surface area (Å²) >= 11 is 6.05. The fraction of sp³-hybridized carbons (Fsp3) is 0.412. The zero-order valence-electron chi connectivity index (χ0n) is 13.3. The lowest BCUT2D eigenvalue weighted by molar-refractivity contribution is 0.578. The summed E-state index contributed by atoms with van der Waals surface area (Å²) in [5.74, 6) is 0. The van der Waals surface area contributed by atoms with Crippen LogP contribution in [0.1, 0.15) is 24.8 Å². The van der Waals surface area contributed by atoms with Crippen LogP contribution < -0.4 is 15.4 Å². The van der Waals surface area contributed by atoms with E-state index in [1.807, 2.05) is 11.9 Å². The molecule has 3 rings (SSSR count). The monoisotopic (exact) mass is 332 g/mol. The summed E-state index contributed by atoms with van der Waals surface area (Å²) in [4.78, 5) is 15.9. The average molecular weight is 333 g/mol. The van der Waals surface area contributed by atoms with Gasteiger partial charge in [-0.05, 0) is 37.0 Å². The SMILES string of the molecule is CN(Cc1ccc(N2CCCCC2)cc1)c1cn[nH]c(=O)c1Cl. The molecule has 1 aliphatic heterocycles. The first-order valence-corrected chi connectivity index (χ1v) is 8.31. The van der Waals surface area contributed by atoms with E-state index in [2.05, 4.69) is 39.4 Å². The van der Waals surface area contributed by atoms with Gasteiger partial charge in [0.25, 0.3) is 5.56 Å². The summed E-state index contributed by atoms with van der Waals surface area (Å²) in [6.45, 7) is 2.96. The summed E-state index contributed by atoms with van der Waals surface area (Å²) in [5, 5.41) is 6.32. The molecule has 2 aromatic rings. The highest BCUT2D eigenvalue weighted by molar-refractivity contribution is 6.32. The van der Waals surface area contributed by atoms with Crippen molar-refractivity contribution in [1.82, 2.24) is 10.2 Å². The number of hydrogen-bond donors (Lipinski definition) is 1. The number of rotatable bonds is 4. The van der Waals surface area contributed by atoms with Gasteiger partial charge in [-0.2, -0.15) is 5.10 Å². The first-order chi connectivity index (χ1) is 11.1. The van der Waals surface area contributed by atoms with Crippen LogP contribution in [0.4, 0.5) is 11.4 Å². The number of anilines is 2. The molecular formula is C17H21ClN4O. The average Bonchev–Trinajstić information content (AvgIpc) is 2.59. The smallest absolute Gasteiger partial charge is 0.285 e. The molecule has 1 N–H and O–H groups in total. The first kappa shape index (κ1) is 15.9. The highest BCUT2D eigenvalue weighted by atomic mass is 35.5. The first-order valence-electron chi connectivity index (χ1n) is 7.93. The summed E-state index contributed by atoms with van der Waals surface area (Å²) < 4.78 is 0. The van der Waals surface area contributed by atoms with Crippen LogP contribution in [0.25, 0.3) is 0 Å². The molecule has 0 spiro atoms. The number of benzene rings is 1. The highest BCUT2D eigenvalue weighted by Gasteiger charge is 2.12. The van der Waals surface area contributed by atoms with E-state index in [1.165, 1.54) is 30.5 Å². The topological polar surface area (TPSA) is 52.2 Å². The number of piperidine rings is 1. The molecular weight excluding hydrogens is 312 g/mol. The van der Waals surface area contributed by atoms with Crippen molar-refractivity contribution in [3.05, 3.63) is 51.4 Å². The Morgan fingerprint density at radius 3 is 2.61 bits per heavy atom. The maximum absolute atomic E-state index is 11.5. The van der Waals surface area contributed by atoms with Crippen molar-refractivity contribution in [3.8, 4) is 0 Å². The zero-order valence-corrected chi connectivity index (χ0v) is 14.0. The Labute approximate surface area is 140 Å². The molecule has 5 nitrogen and oxygen atoms in total. The molecule has 0 aliphatic carbocycles. The van der Waals surface area contributed by atoms with Gasteiger partial charge in [0.15, 0.2) is 0 Å². The second kappa shape index (κ2) is 7.04. The highest BCUT2D eigenvalue weighted by Crippen LogP contribution is 2.23. The molecule has 1 aliphatic rings. The Bertz CT molecular complexity index is 707. The molecule has 0 saturated carbocycles. The van der Waals surface area contributed by atoms with Gasteiger partial charge >= 0.3 is 0 Å². The molecule has 0 unspecified atom stereocenters. The van der Waals surface area contributed by atoms with Crippen molar-refractivity contribution in [2.24, 2.45) is 0 Å². The Morgan fingerprint density at radius 1 is 1.22 bits per heavy atom. The molecule has 0 amide bonds. The van der Waals surface area contributed by atoms with E-state index in [4.69, 9.17) is 11.6 Å². The van der Waals surface area contributed by atoms with Gasteiger partial charge in [-0.3, -0.25) is 4.79 Å². The fourth-order valence-electron chi connectivity index (χ4n) is 2.96. The second-order valence-electron chi connectivity index (χ2n) is 5.97. The summed E-state index contributed by atoms with van der Waals surface area (Å²) in [6.07, 6.45) is 5.47. The number of H-pyrrole nitrogens is 1. The molecule has 0 radical (unpaired) electrons. The second-order valence-corrected chi connectivity index (χ2v) is 6.35. The predicted octanol–water partition coefficient (Wildman–Crippen LogP) is 3.05. The van der Waals surface area contributed by atoms with Gasteiger partial charge in [-0.1, -0.05) is 23.7 Å². The van der Waals surface area contributed by atoms with Gasteiger partial charge in [-0.15, -0.1) is 0 Å². The molecule has 1 aromatic heterocycles. The molecule has 0 atom stereocenters. The number of aromatic nitrogens is 2. The molecule has 1 aromatic carbocycles. The number of halogens is 1. The molecule has 122 valence electrons. The van der Waals surface area contributed by atoms with Gasteiger partial charge in [0, 0.05) is 32.4 Å². The molecule has 6 heteroatoms. The van der Waals surface area contributed by atoms with Gasteiger partial charge in [-0.25, -0.2) is 5.10 Å². The minimum atomic E-state index is -0.364. The van der Waals surface area contributed by atoms with Crippen molar-refractivity contribution in [1.29, 1.82) is 0 Å². The number of hydrogen-bond acceptors (Lipinski definition) is 4. The summed E-state index contributed by atoms with van der Waals surface area (Å²) in [6, 6.07) is 8.61. The molecule has 1 fully saturated rings. The summed E-state index contributed by atoms with van der Waals surface area (Å²) in [5.41, 5.74) is 2.73. The third-order valence-electron chi connectivity index (χ3n) is 4.27. The zero-order chi connectivity index (χ0) is 16.2. The van der Waals surface area contributed by atoms with Crippen LogP contribution in [-0.4, -0.2) is 30.3 Å². The Kier molecular flexibility index (Phi) is 4.86. The van der Waals surface area contributed by atoms with E-state index in [9.17, 15) is 4.79 Å². The van der Waals surface area contributed by atoms with E-state index < -0.39 is 0 Å². The third kappa shape index (κ3) is 3.67. The number of aromatic amines is 1. The molecule has 1 saturated heterocycles. The fourth-order valence-corrected chi connectivity index (χ4v) is 3.20. The van der Waals surface area contributed by atoms with Crippen molar-refractivity contribution >= 4 is 23.0 Å². The van der Waals surface area contributed by atoms with Gasteiger partial charge < -0.3 is 9.80 Å². The lowest BCUT2D eigenvalue weighted by atomic mass is 10.1. The number of nitrogens with zero attached hydrogens (tertiary/aromatic N) is 3. The molecule has 23 heavy (non-hydrogen) atoms. The minimum Gasteiger partial charge on any atom is -0.372 e. The van der Waals surface area contributed by atoms with Crippen molar-refractivity contribution in [2.45, 2.75) is 25.8 Å². The predicted molar refractivity (Wildman–Crippen MR) is 94.5 cm³/mol. The van der Waals surface area contributed by atoms with Crippen LogP contribution >= 0.6 is 11.6 Å². The summed E-state index contributed by atoms with van der Waals surface area (Å²) in [7, 11) is 1.90. The van der Waals surface area contributed by atoms with Gasteiger partial charge in [0.2, 0.25) is 0 Å². The maximum atomic E-state index is 11.5. The molecule has 2 heterocycles. The van der Waals surface area contributed by atoms with Crippen molar-refractivity contribution in [2.75, 3.05) is 29.9 Å². The quantitative estimate of drug-likeness (QED) is 0.935. The third-order valence-corrected chi connectivity index (χ3v) is 4.63. The normalized spacial score (nSPS) is 14.8. The van der Waals surface area contributed by atoms with Crippen LogP contribution in [0, 0.1) is 0 Å². The van der Waals surface area contributed by atoms with Crippen LogP contribution in [0.15, 0.2) is 35.3 Å². The lowest BCUT2D eigenvalue weighted by Crippen LogP contribution is -2.29. The van der Waals surface area contributed by atoms with Crippen molar-refractivity contribution < 1.29 is 0 Å². The Hall–Kier alpha value is -2.01. The maximum Gasteiger partial charge on any atom is 0.285 e. The van der Waals surface area contributed by atoms with E-state index in [-0.39, 0.29) is 10.6 Å². The largest absolute Gasteiger partial charge is 0.372 e. The van der Waals surface area contributed by atoms with Crippen LogP contribution in [0.2, 0.25) is 5.02 Å². The Morgan fingerprint density at radius 2 is 1.91 bits per heavy atom. The minimum absolute atomic E-state index is 0.174. The van der Waals surface area contributed by atoms with Crippen LogP contribution in [0.3, 0.4) is 0 Å². The van der Waals surface area contributed by atoms with Gasteiger partial charge in [0.05, 0.1) is 11.9 Å². The van der Waals surface area contributed by atoms with Crippen molar-refractivity contribution in [3.63, 3.8) is 0 Å². The van der Waals surface area contributed by atoms with E-state index in [0.29, 0.717) is 12.2 Å². The Balaban J connectivity index is 1.70. The van der Waals surface area contributed by atoms with Gasteiger partial charge in [0.1, 0.15) is 5.02 Å². The van der Waals surface area contributed by atoms with Crippen LogP contribution in [0.5, 0.6) is 0 Å².